The van der Waals surface area contributed by atoms with Crippen molar-refractivity contribution >= 4 is 16.8 Å². The number of hydrogen-bond donors (Lipinski definition) is 3. The summed E-state index contributed by atoms with van der Waals surface area (Å²) < 4.78 is 15.8. The molecule has 1 atom stereocenters. The summed E-state index contributed by atoms with van der Waals surface area (Å²) in [7, 11) is 3.21. The van der Waals surface area contributed by atoms with Gasteiger partial charge in [-0.15, -0.1) is 0 Å². The van der Waals surface area contributed by atoms with Gasteiger partial charge in [0.15, 0.2) is 0 Å². The van der Waals surface area contributed by atoms with E-state index in [0.717, 1.165) is 22.2 Å². The van der Waals surface area contributed by atoms with Crippen molar-refractivity contribution in [2.45, 2.75) is 12.7 Å². The number of aliphatic hydroxyl groups is 1. The molecule has 1 amide bonds. The predicted molar refractivity (Wildman–Crippen MR) is 106 cm³/mol. The molecule has 0 aliphatic heterocycles. The van der Waals surface area contributed by atoms with Crippen molar-refractivity contribution in [3.63, 3.8) is 0 Å². The fourth-order valence-electron chi connectivity index (χ4n) is 2.75. The van der Waals surface area contributed by atoms with E-state index in [1.165, 1.54) is 0 Å². The summed E-state index contributed by atoms with van der Waals surface area (Å²) in [6, 6.07) is 14.8. The summed E-state index contributed by atoms with van der Waals surface area (Å²) in [5, 5.41) is 13.6. The highest BCUT2D eigenvalue weighted by molar-refractivity contribution is 5.98. The van der Waals surface area contributed by atoms with Gasteiger partial charge in [0.2, 0.25) is 0 Å². The standard InChI is InChI=1S/C21H24N2O5/c1-26-17-6-3-14(4-7-17)12-28-13-16(24)11-22-21(25)20-9-15-5-8-18(27-2)10-19(15)23-20/h3-10,16,23-24H,11-13H2,1-2H3,(H,22,25). The number of carbonyl (C=O) groups excluding carboxylic acids is 1. The molecule has 3 aromatic rings. The zero-order chi connectivity index (χ0) is 19.9. The van der Waals surface area contributed by atoms with Crippen LogP contribution in [-0.4, -0.2) is 49.5 Å². The summed E-state index contributed by atoms with van der Waals surface area (Å²) in [5.74, 6) is 1.21. The van der Waals surface area contributed by atoms with Crippen LogP contribution in [0.4, 0.5) is 0 Å². The van der Waals surface area contributed by atoms with Crippen molar-refractivity contribution in [2.24, 2.45) is 0 Å². The maximum atomic E-state index is 12.3. The van der Waals surface area contributed by atoms with Gasteiger partial charge in [-0.1, -0.05) is 12.1 Å². The molecule has 0 aliphatic carbocycles. The van der Waals surface area contributed by atoms with Gasteiger partial charge in [-0.3, -0.25) is 4.79 Å². The summed E-state index contributed by atoms with van der Waals surface area (Å²) >= 11 is 0. The minimum atomic E-state index is -0.799. The predicted octanol–water partition coefficient (Wildman–Crippen LogP) is 2.49. The Hall–Kier alpha value is -3.03. The Morgan fingerprint density at radius 1 is 1.07 bits per heavy atom. The number of ether oxygens (including phenoxy) is 3. The van der Waals surface area contributed by atoms with Crippen LogP contribution < -0.4 is 14.8 Å². The SMILES string of the molecule is COc1ccc(COCC(O)CNC(=O)c2cc3ccc(OC)cc3[nH]2)cc1. The molecule has 0 bridgehead atoms. The average molecular weight is 384 g/mol. The number of H-pyrrole nitrogens is 1. The number of carbonyl (C=O) groups is 1. The van der Waals surface area contributed by atoms with Crippen LogP contribution >= 0.6 is 0 Å². The second-order valence-corrected chi connectivity index (χ2v) is 6.36. The van der Waals surface area contributed by atoms with Gasteiger partial charge in [-0.25, -0.2) is 0 Å². The lowest BCUT2D eigenvalue weighted by Gasteiger charge is -2.12. The number of aromatic amines is 1. The molecule has 0 radical (unpaired) electrons. The summed E-state index contributed by atoms with van der Waals surface area (Å²) in [6.45, 7) is 0.592. The molecule has 3 N–H and O–H groups in total. The molecular formula is C21H24N2O5. The van der Waals surface area contributed by atoms with Gasteiger partial charge >= 0.3 is 0 Å². The molecular weight excluding hydrogens is 360 g/mol. The number of aromatic nitrogens is 1. The molecule has 3 rings (SSSR count). The van der Waals surface area contributed by atoms with Gasteiger partial charge in [-0.05, 0) is 35.9 Å². The maximum Gasteiger partial charge on any atom is 0.267 e. The molecule has 0 spiro atoms. The quantitative estimate of drug-likeness (QED) is 0.527. The number of fused-ring (bicyclic) bond motifs is 1. The zero-order valence-corrected chi connectivity index (χ0v) is 15.9. The van der Waals surface area contributed by atoms with Crippen molar-refractivity contribution in [1.82, 2.24) is 10.3 Å². The minimum absolute atomic E-state index is 0.0974. The molecule has 1 unspecified atom stereocenters. The van der Waals surface area contributed by atoms with Crippen molar-refractivity contribution in [3.05, 3.63) is 59.8 Å². The Bertz CT molecular complexity index is 920. The first kappa shape index (κ1) is 19.7. The third-order valence-corrected chi connectivity index (χ3v) is 4.31. The number of hydrogen-bond acceptors (Lipinski definition) is 5. The third-order valence-electron chi connectivity index (χ3n) is 4.31. The molecule has 0 fully saturated rings. The molecule has 7 heteroatoms. The first-order valence-electron chi connectivity index (χ1n) is 8.92. The molecule has 1 aromatic heterocycles. The van der Waals surface area contributed by atoms with E-state index in [2.05, 4.69) is 10.3 Å². The summed E-state index contributed by atoms with van der Waals surface area (Å²) in [6.07, 6.45) is -0.799. The van der Waals surface area contributed by atoms with E-state index >= 15 is 0 Å². The van der Waals surface area contributed by atoms with Crippen LogP contribution in [0.25, 0.3) is 10.9 Å². The average Bonchev–Trinajstić information content (AvgIpc) is 3.15. The van der Waals surface area contributed by atoms with Crippen molar-refractivity contribution in [1.29, 1.82) is 0 Å². The smallest absolute Gasteiger partial charge is 0.267 e. The van der Waals surface area contributed by atoms with E-state index < -0.39 is 6.10 Å². The third kappa shape index (κ3) is 5.03. The molecule has 0 saturated heterocycles. The van der Waals surface area contributed by atoms with Crippen LogP contribution in [-0.2, 0) is 11.3 Å². The number of benzene rings is 2. The topological polar surface area (TPSA) is 92.8 Å². The van der Waals surface area contributed by atoms with E-state index in [1.54, 1.807) is 20.3 Å². The van der Waals surface area contributed by atoms with Gasteiger partial charge in [0.05, 0.1) is 33.5 Å². The van der Waals surface area contributed by atoms with Crippen LogP contribution in [0.5, 0.6) is 11.5 Å². The van der Waals surface area contributed by atoms with Crippen LogP contribution in [0.2, 0.25) is 0 Å². The van der Waals surface area contributed by atoms with E-state index in [-0.39, 0.29) is 19.1 Å². The second-order valence-electron chi connectivity index (χ2n) is 6.36. The number of nitrogens with one attached hydrogen (secondary N) is 2. The number of amides is 1. The van der Waals surface area contributed by atoms with Gasteiger partial charge in [0, 0.05) is 23.5 Å². The first-order chi connectivity index (χ1) is 13.6. The van der Waals surface area contributed by atoms with Crippen molar-refractivity contribution in [2.75, 3.05) is 27.4 Å². The van der Waals surface area contributed by atoms with E-state index in [1.807, 2.05) is 42.5 Å². The highest BCUT2D eigenvalue weighted by Gasteiger charge is 2.12. The maximum absolute atomic E-state index is 12.3. The summed E-state index contributed by atoms with van der Waals surface area (Å²) in [5.41, 5.74) is 2.22. The molecule has 7 nitrogen and oxygen atoms in total. The lowest BCUT2D eigenvalue weighted by Crippen LogP contribution is -2.34. The molecule has 28 heavy (non-hydrogen) atoms. The monoisotopic (exact) mass is 384 g/mol. The van der Waals surface area contributed by atoms with Gasteiger partial charge in [-0.2, -0.15) is 0 Å². The van der Waals surface area contributed by atoms with Crippen LogP contribution in [0.3, 0.4) is 0 Å². The molecule has 148 valence electrons. The van der Waals surface area contributed by atoms with Crippen molar-refractivity contribution < 1.29 is 24.1 Å². The second kappa shape index (κ2) is 9.25. The first-order valence-corrected chi connectivity index (χ1v) is 8.92. The molecule has 0 saturated carbocycles. The van der Waals surface area contributed by atoms with Crippen LogP contribution in [0, 0.1) is 0 Å². The highest BCUT2D eigenvalue weighted by atomic mass is 16.5. The Morgan fingerprint density at radius 2 is 1.79 bits per heavy atom. The normalized spacial score (nSPS) is 12.0. The Kier molecular flexibility index (Phi) is 6.52. The molecule has 1 heterocycles. The van der Waals surface area contributed by atoms with E-state index in [9.17, 15) is 9.90 Å². The molecule has 0 aliphatic rings. The Labute approximate surface area is 163 Å². The Morgan fingerprint density at radius 3 is 2.50 bits per heavy atom. The number of rotatable bonds is 9. The lowest BCUT2D eigenvalue weighted by molar-refractivity contribution is 0.0285. The number of aliphatic hydroxyl groups excluding tert-OH is 1. The van der Waals surface area contributed by atoms with E-state index in [4.69, 9.17) is 14.2 Å². The zero-order valence-electron chi connectivity index (χ0n) is 15.9. The van der Waals surface area contributed by atoms with Crippen LogP contribution in [0.1, 0.15) is 16.1 Å². The van der Waals surface area contributed by atoms with Gasteiger partial charge in [0.1, 0.15) is 17.2 Å². The number of methoxy groups -OCH3 is 2. The molecule has 2 aromatic carbocycles. The van der Waals surface area contributed by atoms with Crippen LogP contribution in [0.15, 0.2) is 48.5 Å². The minimum Gasteiger partial charge on any atom is -0.497 e. The van der Waals surface area contributed by atoms with Gasteiger partial charge in [0.25, 0.3) is 5.91 Å². The lowest BCUT2D eigenvalue weighted by atomic mass is 10.2. The van der Waals surface area contributed by atoms with Crippen molar-refractivity contribution in [3.8, 4) is 11.5 Å². The Balaban J connectivity index is 1.44. The van der Waals surface area contributed by atoms with Gasteiger partial charge < -0.3 is 29.6 Å². The van der Waals surface area contributed by atoms with E-state index in [0.29, 0.717) is 18.1 Å². The fraction of sp³-hybridized carbons (Fsp3) is 0.286. The summed E-state index contributed by atoms with van der Waals surface area (Å²) in [4.78, 5) is 15.3. The fourth-order valence-corrected chi connectivity index (χ4v) is 2.75. The highest BCUT2D eigenvalue weighted by Crippen LogP contribution is 2.21. The largest absolute Gasteiger partial charge is 0.497 e.